The van der Waals surface area contributed by atoms with Gasteiger partial charge in [0.2, 0.25) is 5.91 Å². The van der Waals surface area contributed by atoms with E-state index in [-0.39, 0.29) is 5.91 Å². The molecule has 2 N–H and O–H groups in total. The Morgan fingerprint density at radius 2 is 2.10 bits per heavy atom. The molecular weight excluding hydrogens is 262 g/mol. The molecule has 1 saturated heterocycles. The first-order valence-corrected chi connectivity index (χ1v) is 7.95. The summed E-state index contributed by atoms with van der Waals surface area (Å²) in [5, 5.41) is 0. The third kappa shape index (κ3) is 3.96. The zero-order valence-electron chi connectivity index (χ0n) is 13.4. The lowest BCUT2D eigenvalue weighted by Gasteiger charge is -2.34. The highest BCUT2D eigenvalue weighted by atomic mass is 16.2. The molecule has 1 aromatic rings. The summed E-state index contributed by atoms with van der Waals surface area (Å²) < 4.78 is 0. The van der Waals surface area contributed by atoms with E-state index >= 15 is 0 Å². The lowest BCUT2D eigenvalue weighted by Crippen LogP contribution is -2.37. The summed E-state index contributed by atoms with van der Waals surface area (Å²) in [6.07, 6.45) is 5.09. The van der Waals surface area contributed by atoms with E-state index in [1.54, 1.807) is 13.1 Å². The van der Waals surface area contributed by atoms with Gasteiger partial charge in [-0.25, -0.2) is 4.98 Å². The molecule has 0 unspecified atom stereocenters. The SMILES string of the molecule is CC(=O)N1CCC(C[C@H](c2cccnc2N)C(C)C)CC1. The second-order valence-corrected chi connectivity index (χ2v) is 6.51. The van der Waals surface area contributed by atoms with Crippen LogP contribution in [-0.4, -0.2) is 28.9 Å². The molecule has 2 heterocycles. The Bertz CT molecular complexity index is 479. The number of hydrogen-bond donors (Lipinski definition) is 1. The number of nitrogens with two attached hydrogens (primary N) is 1. The summed E-state index contributed by atoms with van der Waals surface area (Å²) in [5.41, 5.74) is 7.24. The molecule has 4 nitrogen and oxygen atoms in total. The molecule has 1 atom stereocenters. The van der Waals surface area contributed by atoms with Crippen LogP contribution in [0.2, 0.25) is 0 Å². The van der Waals surface area contributed by atoms with E-state index < -0.39 is 0 Å². The van der Waals surface area contributed by atoms with Crippen LogP contribution in [0.5, 0.6) is 0 Å². The molecule has 2 rings (SSSR count). The smallest absolute Gasteiger partial charge is 0.219 e. The number of nitrogen functional groups attached to an aromatic ring is 1. The summed E-state index contributed by atoms with van der Waals surface area (Å²) in [6.45, 7) is 7.96. The highest BCUT2D eigenvalue weighted by Gasteiger charge is 2.26. The van der Waals surface area contributed by atoms with Crippen molar-refractivity contribution in [1.82, 2.24) is 9.88 Å². The van der Waals surface area contributed by atoms with Gasteiger partial charge in [-0.05, 0) is 48.6 Å². The van der Waals surface area contributed by atoms with Gasteiger partial charge in [-0.2, -0.15) is 0 Å². The number of rotatable bonds is 4. The average Bonchev–Trinajstić information content (AvgIpc) is 2.46. The topological polar surface area (TPSA) is 59.2 Å². The van der Waals surface area contributed by atoms with Crippen LogP contribution in [0.4, 0.5) is 5.82 Å². The Labute approximate surface area is 127 Å². The third-order valence-corrected chi connectivity index (χ3v) is 4.72. The van der Waals surface area contributed by atoms with E-state index in [4.69, 9.17) is 5.73 Å². The van der Waals surface area contributed by atoms with Crippen molar-refractivity contribution in [2.45, 2.75) is 46.0 Å². The summed E-state index contributed by atoms with van der Waals surface area (Å²) in [4.78, 5) is 17.6. The minimum absolute atomic E-state index is 0.199. The van der Waals surface area contributed by atoms with Crippen molar-refractivity contribution in [2.24, 2.45) is 11.8 Å². The number of nitrogens with zero attached hydrogens (tertiary/aromatic N) is 2. The highest BCUT2D eigenvalue weighted by molar-refractivity contribution is 5.73. The molecule has 1 amide bonds. The van der Waals surface area contributed by atoms with Crippen LogP contribution in [0.25, 0.3) is 0 Å². The lowest BCUT2D eigenvalue weighted by atomic mass is 9.78. The van der Waals surface area contributed by atoms with Gasteiger partial charge in [-0.15, -0.1) is 0 Å². The first-order chi connectivity index (χ1) is 9.99. The first kappa shape index (κ1) is 15.8. The number of piperidine rings is 1. The predicted molar refractivity (Wildman–Crippen MR) is 85.8 cm³/mol. The number of carbonyl (C=O) groups excluding carboxylic acids is 1. The number of hydrogen-bond acceptors (Lipinski definition) is 3. The van der Waals surface area contributed by atoms with Crippen molar-refractivity contribution >= 4 is 11.7 Å². The molecule has 21 heavy (non-hydrogen) atoms. The Hall–Kier alpha value is -1.58. The van der Waals surface area contributed by atoms with Crippen LogP contribution < -0.4 is 5.73 Å². The maximum Gasteiger partial charge on any atom is 0.219 e. The first-order valence-electron chi connectivity index (χ1n) is 7.95. The fourth-order valence-electron chi connectivity index (χ4n) is 3.34. The number of pyridine rings is 1. The number of anilines is 1. The second-order valence-electron chi connectivity index (χ2n) is 6.51. The summed E-state index contributed by atoms with van der Waals surface area (Å²) in [7, 11) is 0. The van der Waals surface area contributed by atoms with Crippen molar-refractivity contribution < 1.29 is 4.79 Å². The van der Waals surface area contributed by atoms with Crippen molar-refractivity contribution in [2.75, 3.05) is 18.8 Å². The molecule has 1 aliphatic heterocycles. The molecule has 0 aliphatic carbocycles. The van der Waals surface area contributed by atoms with E-state index in [1.165, 1.54) is 5.56 Å². The monoisotopic (exact) mass is 289 g/mol. The van der Waals surface area contributed by atoms with Crippen molar-refractivity contribution in [3.8, 4) is 0 Å². The summed E-state index contributed by atoms with van der Waals surface area (Å²) >= 11 is 0. The molecule has 0 saturated carbocycles. The summed E-state index contributed by atoms with van der Waals surface area (Å²) in [5.74, 6) is 2.53. The molecule has 0 bridgehead atoms. The highest BCUT2D eigenvalue weighted by Crippen LogP contribution is 2.36. The minimum Gasteiger partial charge on any atom is -0.383 e. The third-order valence-electron chi connectivity index (χ3n) is 4.72. The quantitative estimate of drug-likeness (QED) is 0.926. The molecule has 1 aromatic heterocycles. The van der Waals surface area contributed by atoms with E-state index in [0.717, 1.165) is 32.4 Å². The van der Waals surface area contributed by atoms with Crippen LogP contribution >= 0.6 is 0 Å². The van der Waals surface area contributed by atoms with Gasteiger partial charge in [-0.3, -0.25) is 4.79 Å². The number of likely N-dealkylation sites (tertiary alicyclic amines) is 1. The fraction of sp³-hybridized carbons (Fsp3) is 0.647. The molecule has 1 fully saturated rings. The normalized spacial score (nSPS) is 18.0. The molecule has 0 spiro atoms. The van der Waals surface area contributed by atoms with Gasteiger partial charge in [0, 0.05) is 26.2 Å². The fourth-order valence-corrected chi connectivity index (χ4v) is 3.34. The molecule has 116 valence electrons. The zero-order chi connectivity index (χ0) is 15.4. The predicted octanol–water partition coefficient (Wildman–Crippen LogP) is 3.05. The van der Waals surface area contributed by atoms with Crippen LogP contribution in [0.15, 0.2) is 18.3 Å². The van der Waals surface area contributed by atoms with Crippen LogP contribution in [0.1, 0.15) is 51.5 Å². The Kier molecular flexibility index (Phi) is 5.21. The molecule has 1 aliphatic rings. The zero-order valence-corrected chi connectivity index (χ0v) is 13.4. The van der Waals surface area contributed by atoms with E-state index in [0.29, 0.717) is 23.6 Å². The number of aromatic nitrogens is 1. The van der Waals surface area contributed by atoms with Gasteiger partial charge in [-0.1, -0.05) is 19.9 Å². The van der Waals surface area contributed by atoms with E-state index in [9.17, 15) is 4.79 Å². The molecule has 0 radical (unpaired) electrons. The maximum atomic E-state index is 11.4. The summed E-state index contributed by atoms with van der Waals surface area (Å²) in [6, 6.07) is 4.08. The van der Waals surface area contributed by atoms with Crippen LogP contribution in [-0.2, 0) is 4.79 Å². The van der Waals surface area contributed by atoms with Crippen LogP contribution in [0, 0.1) is 11.8 Å². The second kappa shape index (κ2) is 6.92. The van der Waals surface area contributed by atoms with Crippen molar-refractivity contribution in [3.05, 3.63) is 23.9 Å². The number of amides is 1. The Balaban J connectivity index is 2.02. The molecule has 4 heteroatoms. The largest absolute Gasteiger partial charge is 0.383 e. The van der Waals surface area contributed by atoms with Crippen molar-refractivity contribution in [3.63, 3.8) is 0 Å². The van der Waals surface area contributed by atoms with Gasteiger partial charge < -0.3 is 10.6 Å². The minimum atomic E-state index is 0.199. The van der Waals surface area contributed by atoms with Gasteiger partial charge in [0.1, 0.15) is 5.82 Å². The van der Waals surface area contributed by atoms with E-state index in [1.807, 2.05) is 11.0 Å². The van der Waals surface area contributed by atoms with Gasteiger partial charge in [0.05, 0.1) is 0 Å². The Morgan fingerprint density at radius 3 is 2.62 bits per heavy atom. The van der Waals surface area contributed by atoms with Gasteiger partial charge in [0.25, 0.3) is 0 Å². The Morgan fingerprint density at radius 1 is 1.43 bits per heavy atom. The lowest BCUT2D eigenvalue weighted by molar-refractivity contribution is -0.130. The van der Waals surface area contributed by atoms with Crippen LogP contribution in [0.3, 0.4) is 0 Å². The number of carbonyl (C=O) groups is 1. The molecule has 0 aromatic carbocycles. The average molecular weight is 289 g/mol. The standard InChI is InChI=1S/C17H27N3O/c1-12(2)16(15-5-4-8-19-17(15)18)11-14-6-9-20(10-7-14)13(3)21/h4-5,8,12,14,16H,6-7,9-11H2,1-3H3,(H2,18,19)/t16-/m0/s1. The van der Waals surface area contributed by atoms with Gasteiger partial charge in [0.15, 0.2) is 0 Å². The molecular formula is C17H27N3O. The van der Waals surface area contributed by atoms with E-state index in [2.05, 4.69) is 24.9 Å². The van der Waals surface area contributed by atoms with Crippen molar-refractivity contribution in [1.29, 1.82) is 0 Å². The maximum absolute atomic E-state index is 11.4. The van der Waals surface area contributed by atoms with Gasteiger partial charge >= 0.3 is 0 Å².